The van der Waals surface area contributed by atoms with Crippen LogP contribution in [0.25, 0.3) is 0 Å². The van der Waals surface area contributed by atoms with Crippen molar-refractivity contribution in [3.63, 3.8) is 0 Å². The topological polar surface area (TPSA) is 75.5 Å². The predicted molar refractivity (Wildman–Crippen MR) is 102 cm³/mol. The number of thiophene rings is 1. The number of likely N-dealkylation sites (N-methyl/N-ethyl adjacent to an activating group) is 1. The molecule has 0 radical (unpaired) electrons. The van der Waals surface area contributed by atoms with Gasteiger partial charge >= 0.3 is 6.55 Å². The molecule has 1 fully saturated rings. The first-order valence-electron chi connectivity index (χ1n) is 8.76. The number of carbonyl (C=O) groups is 1. The molecule has 3 heterocycles. The van der Waals surface area contributed by atoms with Crippen LogP contribution in [0.2, 0.25) is 0 Å². The Hall–Kier alpha value is -1.85. The summed E-state index contributed by atoms with van der Waals surface area (Å²) in [5.41, 5.74) is 0. The van der Waals surface area contributed by atoms with Crippen molar-refractivity contribution < 1.29 is 22.0 Å². The molecule has 0 spiro atoms. The highest BCUT2D eigenvalue weighted by atomic mass is 32.2. The summed E-state index contributed by atoms with van der Waals surface area (Å²) in [6, 6.07) is 3.41. The fourth-order valence-electron chi connectivity index (χ4n) is 3.28. The molecule has 1 atom stereocenters. The number of alkyl halides is 2. The lowest BCUT2D eigenvalue weighted by molar-refractivity contribution is -0.134. The van der Waals surface area contributed by atoms with Crippen molar-refractivity contribution in [3.05, 3.63) is 40.6 Å². The van der Waals surface area contributed by atoms with Crippen LogP contribution < -0.4 is 0 Å². The van der Waals surface area contributed by atoms with E-state index in [1.54, 1.807) is 16.8 Å². The first-order valence-corrected chi connectivity index (χ1v) is 11.5. The summed E-state index contributed by atoms with van der Waals surface area (Å²) in [4.78, 5) is 21.0. The molecule has 0 saturated carbocycles. The number of nitrogens with zero attached hydrogens (tertiary/aromatic N) is 4. The number of amides is 1. The van der Waals surface area contributed by atoms with E-state index in [2.05, 4.69) is 4.98 Å². The number of rotatable bonds is 8. The average molecular weight is 433 g/mol. The zero-order valence-electron chi connectivity index (χ0n) is 15.4. The molecule has 2 aromatic rings. The second kappa shape index (κ2) is 8.66. The predicted octanol–water partition coefficient (Wildman–Crippen LogP) is 1.99. The maximum absolute atomic E-state index is 13.0. The summed E-state index contributed by atoms with van der Waals surface area (Å²) in [6.07, 6.45) is 2.91. The van der Waals surface area contributed by atoms with Crippen LogP contribution in [0.4, 0.5) is 8.78 Å². The van der Waals surface area contributed by atoms with Crippen LogP contribution in [0.5, 0.6) is 0 Å². The highest BCUT2D eigenvalue weighted by Gasteiger charge is 2.35. The molecule has 1 aliphatic rings. The van der Waals surface area contributed by atoms with Crippen molar-refractivity contribution in [1.29, 1.82) is 0 Å². The van der Waals surface area contributed by atoms with Crippen LogP contribution in [0.15, 0.2) is 29.9 Å². The number of aromatic nitrogens is 2. The lowest BCUT2D eigenvalue weighted by Gasteiger charge is -2.30. The van der Waals surface area contributed by atoms with E-state index < -0.39 is 16.4 Å². The lowest BCUT2D eigenvalue weighted by atomic mass is 10.2. The molecule has 11 heteroatoms. The van der Waals surface area contributed by atoms with E-state index in [-0.39, 0.29) is 42.4 Å². The summed E-state index contributed by atoms with van der Waals surface area (Å²) >= 11 is 1.50. The molecule has 28 heavy (non-hydrogen) atoms. The van der Waals surface area contributed by atoms with E-state index in [9.17, 15) is 22.0 Å². The van der Waals surface area contributed by atoms with Gasteiger partial charge in [-0.3, -0.25) is 14.3 Å². The molecule has 0 aromatic carbocycles. The summed E-state index contributed by atoms with van der Waals surface area (Å²) in [7, 11) is -1.49. The van der Waals surface area contributed by atoms with Crippen LogP contribution in [0.1, 0.15) is 23.7 Å². The fourth-order valence-corrected chi connectivity index (χ4v) is 5.71. The SMILES string of the molecule is CN(CC(=O)N(Cc1cccs1)C1CCS(=O)(=O)C1)Cc1nccn1C(F)F. The Balaban J connectivity index is 1.69. The minimum atomic E-state index is -3.14. The second-order valence-electron chi connectivity index (χ2n) is 6.86. The van der Waals surface area contributed by atoms with Gasteiger partial charge in [0.2, 0.25) is 5.91 Å². The van der Waals surface area contributed by atoms with Gasteiger partial charge in [-0.25, -0.2) is 13.4 Å². The highest BCUT2D eigenvalue weighted by molar-refractivity contribution is 7.91. The number of hydrogen-bond acceptors (Lipinski definition) is 6. The van der Waals surface area contributed by atoms with E-state index in [1.165, 1.54) is 23.7 Å². The van der Waals surface area contributed by atoms with Crippen LogP contribution >= 0.6 is 11.3 Å². The van der Waals surface area contributed by atoms with E-state index >= 15 is 0 Å². The highest BCUT2D eigenvalue weighted by Crippen LogP contribution is 2.22. The van der Waals surface area contributed by atoms with Crippen molar-refractivity contribution in [2.45, 2.75) is 32.1 Å². The molecule has 1 saturated heterocycles. The second-order valence-corrected chi connectivity index (χ2v) is 10.1. The van der Waals surface area contributed by atoms with Gasteiger partial charge in [-0.15, -0.1) is 11.3 Å². The fraction of sp³-hybridized carbons (Fsp3) is 0.529. The van der Waals surface area contributed by atoms with Gasteiger partial charge in [0.15, 0.2) is 9.84 Å². The van der Waals surface area contributed by atoms with Crippen molar-refractivity contribution in [2.75, 3.05) is 25.1 Å². The van der Waals surface area contributed by atoms with Gasteiger partial charge in [-0.2, -0.15) is 8.78 Å². The van der Waals surface area contributed by atoms with E-state index in [4.69, 9.17) is 0 Å². The van der Waals surface area contributed by atoms with E-state index in [1.807, 2.05) is 17.5 Å². The van der Waals surface area contributed by atoms with Gasteiger partial charge in [-0.05, 0) is 24.9 Å². The van der Waals surface area contributed by atoms with Gasteiger partial charge in [-0.1, -0.05) is 6.07 Å². The lowest BCUT2D eigenvalue weighted by Crippen LogP contribution is -2.45. The van der Waals surface area contributed by atoms with Crippen LogP contribution in [-0.2, 0) is 27.7 Å². The van der Waals surface area contributed by atoms with Gasteiger partial charge in [0.05, 0.1) is 31.1 Å². The van der Waals surface area contributed by atoms with Crippen molar-refractivity contribution in [3.8, 4) is 0 Å². The Labute approximate surface area is 166 Å². The van der Waals surface area contributed by atoms with Gasteiger partial charge in [0.25, 0.3) is 0 Å². The van der Waals surface area contributed by atoms with Crippen LogP contribution in [0.3, 0.4) is 0 Å². The summed E-state index contributed by atoms with van der Waals surface area (Å²) in [6.45, 7) is -2.28. The third-order valence-electron chi connectivity index (χ3n) is 4.65. The molecule has 1 unspecified atom stereocenters. The minimum Gasteiger partial charge on any atom is -0.332 e. The van der Waals surface area contributed by atoms with E-state index in [0.29, 0.717) is 13.0 Å². The summed E-state index contributed by atoms with van der Waals surface area (Å²) in [5, 5.41) is 1.90. The van der Waals surface area contributed by atoms with Crippen molar-refractivity contribution in [2.24, 2.45) is 0 Å². The van der Waals surface area contributed by atoms with Crippen LogP contribution in [-0.4, -0.2) is 64.8 Å². The first-order chi connectivity index (χ1) is 13.2. The Kier molecular flexibility index (Phi) is 6.46. The number of carbonyl (C=O) groups excluding carboxylic acids is 1. The van der Waals surface area contributed by atoms with Gasteiger partial charge < -0.3 is 4.90 Å². The molecule has 3 rings (SSSR count). The largest absolute Gasteiger partial charge is 0.332 e. The molecular formula is C17H22F2N4O3S2. The molecule has 0 bridgehead atoms. The number of imidazole rings is 1. The molecule has 1 aliphatic heterocycles. The number of sulfone groups is 1. The third kappa shape index (κ3) is 5.15. The minimum absolute atomic E-state index is 0.0159. The number of hydrogen-bond donors (Lipinski definition) is 0. The van der Waals surface area contributed by atoms with Crippen LogP contribution in [0, 0.1) is 0 Å². The molecule has 1 amide bonds. The summed E-state index contributed by atoms with van der Waals surface area (Å²) in [5.74, 6) is -0.0244. The third-order valence-corrected chi connectivity index (χ3v) is 7.26. The van der Waals surface area contributed by atoms with Crippen molar-refractivity contribution in [1.82, 2.24) is 19.4 Å². The molecule has 0 aliphatic carbocycles. The number of halogens is 2. The smallest absolute Gasteiger partial charge is 0.319 e. The average Bonchev–Trinajstić information content (AvgIpc) is 3.33. The van der Waals surface area contributed by atoms with Crippen molar-refractivity contribution >= 4 is 27.1 Å². The van der Waals surface area contributed by atoms with E-state index in [0.717, 1.165) is 9.44 Å². The maximum atomic E-state index is 13.0. The Morgan fingerprint density at radius 1 is 1.43 bits per heavy atom. The Morgan fingerprint density at radius 3 is 2.82 bits per heavy atom. The Morgan fingerprint density at radius 2 is 2.21 bits per heavy atom. The standard InChI is InChI=1S/C17H22F2N4O3S2/c1-21(10-15-20-5-6-22(15)17(18)19)11-16(24)23(9-14-3-2-7-27-14)13-4-8-28(25,26)12-13/h2-3,5-7,13,17H,4,8-12H2,1H3. The Bertz CT molecular complexity index is 899. The summed E-state index contributed by atoms with van der Waals surface area (Å²) < 4.78 is 50.4. The maximum Gasteiger partial charge on any atom is 0.319 e. The normalized spacial score (nSPS) is 18.8. The molecule has 154 valence electrons. The zero-order valence-corrected chi connectivity index (χ0v) is 17.0. The quantitative estimate of drug-likeness (QED) is 0.638. The first kappa shape index (κ1) is 20.9. The zero-order chi connectivity index (χ0) is 20.3. The monoisotopic (exact) mass is 432 g/mol. The molecule has 2 aromatic heterocycles. The molecule has 0 N–H and O–H groups in total. The molecular weight excluding hydrogens is 410 g/mol. The van der Waals surface area contributed by atoms with Gasteiger partial charge in [0, 0.05) is 23.3 Å². The molecule has 7 nitrogen and oxygen atoms in total. The van der Waals surface area contributed by atoms with Gasteiger partial charge in [0.1, 0.15) is 5.82 Å².